The quantitative estimate of drug-likeness (QED) is 0.616. The van der Waals surface area contributed by atoms with E-state index in [2.05, 4.69) is 20.2 Å². The number of anilines is 1. The Kier molecular flexibility index (Phi) is 6.18. The van der Waals surface area contributed by atoms with E-state index < -0.39 is 10.0 Å². The van der Waals surface area contributed by atoms with Gasteiger partial charge in [0, 0.05) is 18.5 Å². The molecule has 0 aliphatic heterocycles. The van der Waals surface area contributed by atoms with E-state index in [1.807, 2.05) is 44.2 Å². The molecule has 1 aromatic heterocycles. The maximum atomic E-state index is 12.3. The van der Waals surface area contributed by atoms with Crippen LogP contribution in [0.5, 0.6) is 0 Å². The number of nitrogens with one attached hydrogen (secondary N) is 2. The zero-order chi connectivity index (χ0) is 20.1. The second-order valence-electron chi connectivity index (χ2n) is 6.22. The van der Waals surface area contributed by atoms with Crippen molar-refractivity contribution in [1.82, 2.24) is 14.9 Å². The van der Waals surface area contributed by atoms with Crippen molar-refractivity contribution >= 4 is 32.4 Å². The Morgan fingerprint density at radius 1 is 1.04 bits per heavy atom. The van der Waals surface area contributed by atoms with Gasteiger partial charge in [0.2, 0.25) is 21.1 Å². The van der Waals surface area contributed by atoms with Crippen molar-refractivity contribution in [2.24, 2.45) is 0 Å². The lowest BCUT2D eigenvalue weighted by atomic mass is 10.1. The minimum atomic E-state index is -3.66. The average Bonchev–Trinajstić information content (AvgIpc) is 3.13. The van der Waals surface area contributed by atoms with Crippen LogP contribution in [-0.2, 0) is 14.8 Å². The van der Waals surface area contributed by atoms with Crippen molar-refractivity contribution in [2.75, 3.05) is 11.9 Å². The van der Waals surface area contributed by atoms with Gasteiger partial charge in [-0.1, -0.05) is 47.7 Å². The van der Waals surface area contributed by atoms with Crippen LogP contribution in [-0.4, -0.2) is 31.1 Å². The van der Waals surface area contributed by atoms with E-state index >= 15 is 0 Å². The number of hydrogen-bond acceptors (Lipinski definition) is 6. The van der Waals surface area contributed by atoms with Gasteiger partial charge in [-0.2, -0.15) is 0 Å². The number of aryl methyl sites for hydroxylation is 2. The monoisotopic (exact) mass is 416 g/mol. The standard InChI is InChI=1S/C19H20N4O3S2/c1-13-8-9-16(12-14(13)2)28(25,26)20-11-10-17(24)21-19-23-22-18(27-19)15-6-4-3-5-7-15/h3-9,12,20H,10-11H2,1-2H3,(H,21,23,24). The molecule has 1 amide bonds. The molecule has 2 aromatic carbocycles. The first kappa shape index (κ1) is 20.1. The lowest BCUT2D eigenvalue weighted by molar-refractivity contribution is -0.116. The second-order valence-corrected chi connectivity index (χ2v) is 8.96. The number of nitrogens with zero attached hydrogens (tertiary/aromatic N) is 2. The third-order valence-corrected chi connectivity index (χ3v) is 6.47. The van der Waals surface area contributed by atoms with E-state index in [1.54, 1.807) is 18.2 Å². The number of hydrogen-bond donors (Lipinski definition) is 2. The van der Waals surface area contributed by atoms with Gasteiger partial charge in [-0.15, -0.1) is 10.2 Å². The zero-order valence-electron chi connectivity index (χ0n) is 15.5. The fourth-order valence-electron chi connectivity index (χ4n) is 2.42. The molecule has 0 aliphatic carbocycles. The van der Waals surface area contributed by atoms with Gasteiger partial charge in [0.05, 0.1) is 4.90 Å². The summed E-state index contributed by atoms with van der Waals surface area (Å²) in [6.07, 6.45) is -0.00960. The van der Waals surface area contributed by atoms with E-state index in [1.165, 1.54) is 11.3 Å². The molecule has 0 aliphatic rings. The molecule has 1 heterocycles. The van der Waals surface area contributed by atoms with Crippen molar-refractivity contribution in [1.29, 1.82) is 0 Å². The molecular formula is C19H20N4O3S2. The summed E-state index contributed by atoms with van der Waals surface area (Å²) in [7, 11) is -3.66. The molecule has 0 fully saturated rings. The van der Waals surface area contributed by atoms with Crippen LogP contribution < -0.4 is 10.0 Å². The molecule has 28 heavy (non-hydrogen) atoms. The Morgan fingerprint density at radius 3 is 2.50 bits per heavy atom. The molecule has 0 atom stereocenters. The first-order valence-corrected chi connectivity index (χ1v) is 10.9. The summed E-state index contributed by atoms with van der Waals surface area (Å²) in [4.78, 5) is 12.3. The minimum Gasteiger partial charge on any atom is -0.300 e. The van der Waals surface area contributed by atoms with Crippen LogP contribution in [0.4, 0.5) is 5.13 Å². The molecule has 0 bridgehead atoms. The molecule has 0 unspecified atom stereocenters. The van der Waals surface area contributed by atoms with Gasteiger partial charge in [0.15, 0.2) is 0 Å². The zero-order valence-corrected chi connectivity index (χ0v) is 17.1. The van der Waals surface area contributed by atoms with Crippen molar-refractivity contribution in [3.8, 4) is 10.6 Å². The molecule has 9 heteroatoms. The van der Waals surface area contributed by atoms with Gasteiger partial charge in [-0.05, 0) is 37.1 Å². The predicted octanol–water partition coefficient (Wildman–Crippen LogP) is 3.13. The number of benzene rings is 2. The molecule has 146 valence electrons. The van der Waals surface area contributed by atoms with E-state index in [0.29, 0.717) is 10.1 Å². The molecule has 0 spiro atoms. The highest BCUT2D eigenvalue weighted by molar-refractivity contribution is 7.89. The summed E-state index contributed by atoms with van der Waals surface area (Å²) < 4.78 is 27.1. The SMILES string of the molecule is Cc1ccc(S(=O)(=O)NCCC(=O)Nc2nnc(-c3ccccc3)s2)cc1C. The summed E-state index contributed by atoms with van der Waals surface area (Å²) in [6.45, 7) is 3.76. The van der Waals surface area contributed by atoms with Gasteiger partial charge in [0.1, 0.15) is 5.01 Å². The molecule has 0 saturated heterocycles. The van der Waals surface area contributed by atoms with Crippen molar-refractivity contribution in [2.45, 2.75) is 25.2 Å². The highest BCUT2D eigenvalue weighted by Gasteiger charge is 2.15. The van der Waals surface area contributed by atoms with Crippen molar-refractivity contribution in [3.63, 3.8) is 0 Å². The normalized spacial score (nSPS) is 11.4. The Hall–Kier alpha value is -2.62. The van der Waals surface area contributed by atoms with Crippen LogP contribution in [0.15, 0.2) is 53.4 Å². The smallest absolute Gasteiger partial charge is 0.240 e. The van der Waals surface area contributed by atoms with Crippen LogP contribution in [0.1, 0.15) is 17.5 Å². The van der Waals surface area contributed by atoms with Gasteiger partial charge in [-0.3, -0.25) is 4.79 Å². The third kappa shape index (κ3) is 5.00. The maximum Gasteiger partial charge on any atom is 0.240 e. The van der Waals surface area contributed by atoms with Gasteiger partial charge in [-0.25, -0.2) is 13.1 Å². The molecule has 0 saturated carbocycles. The topological polar surface area (TPSA) is 101 Å². The highest BCUT2D eigenvalue weighted by Crippen LogP contribution is 2.25. The number of amides is 1. The largest absolute Gasteiger partial charge is 0.300 e. The van der Waals surface area contributed by atoms with Gasteiger partial charge >= 0.3 is 0 Å². The summed E-state index contributed by atoms with van der Waals surface area (Å²) in [5, 5.41) is 11.7. The predicted molar refractivity (Wildman–Crippen MR) is 110 cm³/mol. The lowest BCUT2D eigenvalue weighted by Gasteiger charge is -2.08. The van der Waals surface area contributed by atoms with E-state index in [0.717, 1.165) is 16.7 Å². The first-order valence-electron chi connectivity index (χ1n) is 8.61. The summed E-state index contributed by atoms with van der Waals surface area (Å²) in [6, 6.07) is 14.5. The fraction of sp³-hybridized carbons (Fsp3) is 0.211. The summed E-state index contributed by atoms with van der Waals surface area (Å²) in [5.74, 6) is -0.335. The Balaban J connectivity index is 1.53. The minimum absolute atomic E-state index is 0.00850. The molecule has 3 rings (SSSR count). The summed E-state index contributed by atoms with van der Waals surface area (Å²) in [5.41, 5.74) is 2.83. The highest BCUT2D eigenvalue weighted by atomic mass is 32.2. The van der Waals surface area contributed by atoms with E-state index in [-0.39, 0.29) is 23.8 Å². The second kappa shape index (κ2) is 8.59. The fourth-order valence-corrected chi connectivity index (χ4v) is 4.30. The average molecular weight is 417 g/mol. The summed E-state index contributed by atoms with van der Waals surface area (Å²) >= 11 is 1.26. The number of carbonyl (C=O) groups is 1. The van der Waals surface area contributed by atoms with E-state index in [9.17, 15) is 13.2 Å². The molecule has 0 radical (unpaired) electrons. The lowest BCUT2D eigenvalue weighted by Crippen LogP contribution is -2.28. The Morgan fingerprint density at radius 2 is 1.79 bits per heavy atom. The molecular weight excluding hydrogens is 396 g/mol. The van der Waals surface area contributed by atoms with Crippen LogP contribution in [0.3, 0.4) is 0 Å². The van der Waals surface area contributed by atoms with Crippen LogP contribution in [0, 0.1) is 13.8 Å². The van der Waals surface area contributed by atoms with E-state index in [4.69, 9.17) is 0 Å². The van der Waals surface area contributed by atoms with Gasteiger partial charge in [0.25, 0.3) is 0 Å². The Labute approximate surface area is 167 Å². The molecule has 7 nitrogen and oxygen atoms in total. The Bertz CT molecular complexity index is 1080. The van der Waals surface area contributed by atoms with Crippen LogP contribution >= 0.6 is 11.3 Å². The number of sulfonamides is 1. The van der Waals surface area contributed by atoms with Crippen molar-refractivity contribution < 1.29 is 13.2 Å². The van der Waals surface area contributed by atoms with Crippen molar-refractivity contribution in [3.05, 3.63) is 59.7 Å². The van der Waals surface area contributed by atoms with Crippen LogP contribution in [0.2, 0.25) is 0 Å². The number of aromatic nitrogens is 2. The van der Waals surface area contributed by atoms with Gasteiger partial charge < -0.3 is 5.32 Å². The maximum absolute atomic E-state index is 12.3. The number of carbonyl (C=O) groups excluding carboxylic acids is 1. The molecule has 3 aromatic rings. The van der Waals surface area contributed by atoms with Crippen LogP contribution in [0.25, 0.3) is 10.6 Å². The first-order chi connectivity index (χ1) is 13.3. The third-order valence-electron chi connectivity index (χ3n) is 4.12. The number of rotatable bonds is 7. The molecule has 2 N–H and O–H groups in total.